The van der Waals surface area contributed by atoms with E-state index in [9.17, 15) is 9.59 Å². The summed E-state index contributed by atoms with van der Waals surface area (Å²) in [7, 11) is 0. The maximum Gasteiger partial charge on any atom is 0.248 e. The highest BCUT2D eigenvalue weighted by molar-refractivity contribution is 5.82. The van der Waals surface area contributed by atoms with Crippen LogP contribution >= 0.6 is 0 Å². The minimum Gasteiger partial charge on any atom is -0.322 e. The second-order valence-corrected chi connectivity index (χ2v) is 3.57. The predicted octanol–water partition coefficient (Wildman–Crippen LogP) is 1.58. The number of carbonyl (C=O) groups is 1. The lowest BCUT2D eigenvalue weighted by Crippen LogP contribution is -2.05. The van der Waals surface area contributed by atoms with Crippen LogP contribution in [0.2, 0.25) is 0 Å². The zero-order chi connectivity index (χ0) is 10.8. The Hall–Kier alpha value is -1.90. The molecule has 1 N–H and O–H groups in total. The van der Waals surface area contributed by atoms with E-state index in [0.717, 1.165) is 28.3 Å². The van der Waals surface area contributed by atoms with E-state index in [1.165, 1.54) is 0 Å². The molecular formula is C12H11NO2. The summed E-state index contributed by atoms with van der Waals surface area (Å²) in [5.41, 5.74) is 2.62. The van der Waals surface area contributed by atoms with Gasteiger partial charge in [-0.05, 0) is 30.2 Å². The van der Waals surface area contributed by atoms with E-state index in [1.807, 2.05) is 25.1 Å². The van der Waals surface area contributed by atoms with Gasteiger partial charge in [-0.15, -0.1) is 0 Å². The van der Waals surface area contributed by atoms with E-state index < -0.39 is 0 Å². The average Bonchev–Trinajstić information content (AvgIpc) is 2.19. The zero-order valence-corrected chi connectivity index (χ0v) is 8.41. The van der Waals surface area contributed by atoms with Crippen molar-refractivity contribution in [2.24, 2.45) is 0 Å². The first-order chi connectivity index (χ1) is 7.20. The van der Waals surface area contributed by atoms with Crippen molar-refractivity contribution in [1.29, 1.82) is 0 Å². The number of aldehydes is 1. The van der Waals surface area contributed by atoms with Crippen LogP contribution in [-0.4, -0.2) is 11.3 Å². The lowest BCUT2D eigenvalue weighted by molar-refractivity contribution is -0.107. The molecule has 0 fully saturated rings. The summed E-state index contributed by atoms with van der Waals surface area (Å²) in [6.45, 7) is 1.89. The average molecular weight is 201 g/mol. The first-order valence-corrected chi connectivity index (χ1v) is 4.77. The van der Waals surface area contributed by atoms with E-state index in [-0.39, 0.29) is 5.56 Å². The highest BCUT2D eigenvalue weighted by atomic mass is 16.1. The molecule has 0 saturated heterocycles. The molecule has 76 valence electrons. The molecule has 2 aromatic rings. The fraction of sp³-hybridized carbons (Fsp3) is 0.167. The van der Waals surface area contributed by atoms with E-state index in [4.69, 9.17) is 0 Å². The zero-order valence-electron chi connectivity index (χ0n) is 8.41. The molecule has 1 aromatic heterocycles. The standard InChI is InChI=1S/C12H11NO2/c1-8-6-12(15)13-11-3-2-9(4-5-14)7-10(8)11/h2-3,5-7H,4H2,1H3,(H,13,15). The van der Waals surface area contributed by atoms with E-state index in [0.29, 0.717) is 6.42 Å². The summed E-state index contributed by atoms with van der Waals surface area (Å²) in [6, 6.07) is 7.19. The Labute approximate surface area is 86.8 Å². The van der Waals surface area contributed by atoms with Crippen LogP contribution in [0.5, 0.6) is 0 Å². The Morgan fingerprint density at radius 3 is 2.87 bits per heavy atom. The lowest BCUT2D eigenvalue weighted by atomic mass is 10.1. The van der Waals surface area contributed by atoms with Crippen LogP contribution in [-0.2, 0) is 11.2 Å². The molecule has 3 nitrogen and oxygen atoms in total. The third kappa shape index (κ3) is 1.81. The van der Waals surface area contributed by atoms with Gasteiger partial charge in [0, 0.05) is 23.4 Å². The number of fused-ring (bicyclic) bond motifs is 1. The summed E-state index contributed by atoms with van der Waals surface area (Å²) in [5.74, 6) is 0. The highest BCUT2D eigenvalue weighted by Crippen LogP contribution is 2.16. The molecule has 0 aliphatic rings. The first-order valence-electron chi connectivity index (χ1n) is 4.77. The molecule has 0 amide bonds. The molecule has 1 aromatic carbocycles. The van der Waals surface area contributed by atoms with E-state index in [2.05, 4.69) is 4.98 Å². The van der Waals surface area contributed by atoms with Crippen molar-refractivity contribution in [1.82, 2.24) is 4.98 Å². The Bertz CT molecular complexity index is 569. The minimum absolute atomic E-state index is 0.0943. The van der Waals surface area contributed by atoms with Gasteiger partial charge in [0.25, 0.3) is 0 Å². The highest BCUT2D eigenvalue weighted by Gasteiger charge is 2.00. The molecule has 0 aliphatic carbocycles. The van der Waals surface area contributed by atoms with Crippen LogP contribution in [0.1, 0.15) is 11.1 Å². The number of rotatable bonds is 2. The maximum absolute atomic E-state index is 11.2. The van der Waals surface area contributed by atoms with Gasteiger partial charge in [-0.3, -0.25) is 4.79 Å². The van der Waals surface area contributed by atoms with Crippen molar-refractivity contribution in [2.75, 3.05) is 0 Å². The molecule has 0 radical (unpaired) electrons. The van der Waals surface area contributed by atoms with Crippen LogP contribution in [0.4, 0.5) is 0 Å². The quantitative estimate of drug-likeness (QED) is 0.750. The topological polar surface area (TPSA) is 49.9 Å². The molecule has 0 bridgehead atoms. The van der Waals surface area contributed by atoms with Crippen molar-refractivity contribution < 1.29 is 4.79 Å². The Kier molecular flexibility index (Phi) is 2.37. The number of benzene rings is 1. The number of nitrogens with one attached hydrogen (secondary N) is 1. The second-order valence-electron chi connectivity index (χ2n) is 3.57. The first kappa shape index (κ1) is 9.65. The van der Waals surface area contributed by atoms with Crippen molar-refractivity contribution in [2.45, 2.75) is 13.3 Å². The predicted molar refractivity (Wildman–Crippen MR) is 59.1 cm³/mol. The van der Waals surface area contributed by atoms with Crippen LogP contribution in [0.25, 0.3) is 10.9 Å². The van der Waals surface area contributed by atoms with E-state index >= 15 is 0 Å². The smallest absolute Gasteiger partial charge is 0.248 e. The van der Waals surface area contributed by atoms with E-state index in [1.54, 1.807) is 6.07 Å². The summed E-state index contributed by atoms with van der Waals surface area (Å²) in [4.78, 5) is 24.4. The number of aromatic amines is 1. The summed E-state index contributed by atoms with van der Waals surface area (Å²) in [6.07, 6.45) is 1.29. The third-order valence-corrected chi connectivity index (χ3v) is 2.43. The van der Waals surface area contributed by atoms with Crippen LogP contribution in [0.3, 0.4) is 0 Å². The van der Waals surface area contributed by atoms with Crippen molar-refractivity contribution in [3.05, 3.63) is 45.7 Å². The van der Waals surface area contributed by atoms with Gasteiger partial charge in [0.1, 0.15) is 6.29 Å². The second kappa shape index (κ2) is 3.69. The fourth-order valence-electron chi connectivity index (χ4n) is 1.69. The van der Waals surface area contributed by atoms with Gasteiger partial charge >= 0.3 is 0 Å². The van der Waals surface area contributed by atoms with Crippen LogP contribution < -0.4 is 5.56 Å². The maximum atomic E-state index is 11.2. The Morgan fingerprint density at radius 1 is 1.33 bits per heavy atom. The Morgan fingerprint density at radius 2 is 2.13 bits per heavy atom. The summed E-state index contributed by atoms with van der Waals surface area (Å²) < 4.78 is 0. The van der Waals surface area contributed by atoms with Gasteiger partial charge in [-0.2, -0.15) is 0 Å². The minimum atomic E-state index is -0.0943. The lowest BCUT2D eigenvalue weighted by Gasteiger charge is -2.03. The van der Waals surface area contributed by atoms with Crippen molar-refractivity contribution >= 4 is 17.2 Å². The molecule has 0 aliphatic heterocycles. The molecule has 15 heavy (non-hydrogen) atoms. The fourth-order valence-corrected chi connectivity index (χ4v) is 1.69. The monoisotopic (exact) mass is 201 g/mol. The number of hydrogen-bond acceptors (Lipinski definition) is 2. The van der Waals surface area contributed by atoms with Crippen molar-refractivity contribution in [3.63, 3.8) is 0 Å². The number of H-pyrrole nitrogens is 1. The normalized spacial score (nSPS) is 10.5. The Balaban J connectivity index is 2.70. The van der Waals surface area contributed by atoms with Gasteiger partial charge in [-0.1, -0.05) is 6.07 Å². The van der Waals surface area contributed by atoms with Gasteiger partial charge < -0.3 is 9.78 Å². The number of aryl methyl sites for hydroxylation is 1. The number of carbonyl (C=O) groups excluding carboxylic acids is 1. The van der Waals surface area contributed by atoms with Gasteiger partial charge in [0.05, 0.1) is 0 Å². The molecule has 0 spiro atoms. The van der Waals surface area contributed by atoms with Gasteiger partial charge in [0.15, 0.2) is 0 Å². The molecule has 3 heteroatoms. The number of aromatic nitrogens is 1. The number of pyridine rings is 1. The van der Waals surface area contributed by atoms with Crippen LogP contribution in [0.15, 0.2) is 29.1 Å². The summed E-state index contributed by atoms with van der Waals surface area (Å²) in [5, 5.41) is 0.994. The number of hydrogen-bond donors (Lipinski definition) is 1. The molecular weight excluding hydrogens is 190 g/mol. The third-order valence-electron chi connectivity index (χ3n) is 2.43. The SMILES string of the molecule is Cc1cc(=O)[nH]c2ccc(CC=O)cc12. The molecule has 2 rings (SSSR count). The molecule has 1 heterocycles. The summed E-state index contributed by atoms with van der Waals surface area (Å²) >= 11 is 0. The van der Waals surface area contributed by atoms with Gasteiger partial charge in [0.2, 0.25) is 5.56 Å². The van der Waals surface area contributed by atoms with Gasteiger partial charge in [-0.25, -0.2) is 0 Å². The molecule has 0 saturated carbocycles. The molecule has 0 unspecified atom stereocenters. The molecule has 0 atom stereocenters. The largest absolute Gasteiger partial charge is 0.322 e. The van der Waals surface area contributed by atoms with Crippen molar-refractivity contribution in [3.8, 4) is 0 Å². The van der Waals surface area contributed by atoms with Crippen LogP contribution in [0, 0.1) is 6.92 Å².